The SMILES string of the molecule is Cc1cn([C@@H]2O[C@H](C[N+](C)(C)CCO)C(O)C2O)c(=O)[nH]c1=O.[I-]. The number of hydrogen-bond acceptors (Lipinski definition) is 6. The summed E-state index contributed by atoms with van der Waals surface area (Å²) >= 11 is 0. The Morgan fingerprint density at radius 3 is 2.50 bits per heavy atom. The summed E-state index contributed by atoms with van der Waals surface area (Å²) in [6.07, 6.45) is -2.94. The third kappa shape index (κ3) is 4.43. The van der Waals surface area contributed by atoms with E-state index in [9.17, 15) is 19.8 Å². The summed E-state index contributed by atoms with van der Waals surface area (Å²) in [6.45, 7) is 2.34. The van der Waals surface area contributed by atoms with Crippen molar-refractivity contribution in [3.8, 4) is 0 Å². The average Bonchev–Trinajstić information content (AvgIpc) is 2.70. The molecule has 0 bridgehead atoms. The van der Waals surface area contributed by atoms with Crippen LogP contribution in [0.4, 0.5) is 0 Å². The number of likely N-dealkylation sites (N-methyl/N-ethyl adjacent to an activating group) is 1. The fourth-order valence-electron chi connectivity index (χ4n) is 2.73. The molecule has 0 aliphatic carbocycles. The topological polar surface area (TPSA) is 125 Å². The number of aryl methyl sites for hydroxylation is 1. The van der Waals surface area contributed by atoms with Gasteiger partial charge >= 0.3 is 5.69 Å². The second kappa shape index (κ2) is 8.06. The van der Waals surface area contributed by atoms with Crippen molar-refractivity contribution in [2.45, 2.75) is 31.5 Å². The van der Waals surface area contributed by atoms with Crippen molar-refractivity contribution in [1.29, 1.82) is 0 Å². The Bertz CT molecular complexity index is 673. The minimum atomic E-state index is -1.29. The van der Waals surface area contributed by atoms with Gasteiger partial charge in [0.05, 0.1) is 20.7 Å². The first-order valence-electron chi connectivity index (χ1n) is 7.43. The largest absolute Gasteiger partial charge is 1.00 e. The number of nitrogens with zero attached hydrogens (tertiary/aromatic N) is 2. The molecule has 10 heteroatoms. The van der Waals surface area contributed by atoms with Crippen molar-refractivity contribution in [3.63, 3.8) is 0 Å². The van der Waals surface area contributed by atoms with E-state index in [1.807, 2.05) is 14.1 Å². The highest BCUT2D eigenvalue weighted by atomic mass is 127. The monoisotopic (exact) mass is 457 g/mol. The number of aromatic amines is 1. The number of aromatic nitrogens is 2. The molecular weight excluding hydrogens is 433 g/mol. The summed E-state index contributed by atoms with van der Waals surface area (Å²) in [5.74, 6) is 0. The van der Waals surface area contributed by atoms with E-state index in [1.165, 1.54) is 13.1 Å². The lowest BCUT2D eigenvalue weighted by Crippen LogP contribution is -3.00. The van der Waals surface area contributed by atoms with Crippen LogP contribution in [-0.4, -0.2) is 81.5 Å². The molecule has 1 saturated heterocycles. The van der Waals surface area contributed by atoms with Gasteiger partial charge in [0, 0.05) is 11.8 Å². The quantitative estimate of drug-likeness (QED) is 0.259. The van der Waals surface area contributed by atoms with Crippen molar-refractivity contribution in [3.05, 3.63) is 32.6 Å². The summed E-state index contributed by atoms with van der Waals surface area (Å²) in [4.78, 5) is 25.5. The van der Waals surface area contributed by atoms with E-state index in [-0.39, 0.29) is 30.6 Å². The van der Waals surface area contributed by atoms with Crippen LogP contribution in [0.2, 0.25) is 0 Å². The molecule has 0 radical (unpaired) electrons. The minimum Gasteiger partial charge on any atom is -1.00 e. The van der Waals surface area contributed by atoms with Crippen molar-refractivity contribution in [2.75, 3.05) is 33.8 Å². The molecule has 0 aromatic carbocycles. The minimum absolute atomic E-state index is 0. The summed E-state index contributed by atoms with van der Waals surface area (Å²) in [5, 5.41) is 29.5. The summed E-state index contributed by atoms with van der Waals surface area (Å²) < 4.78 is 7.14. The first-order valence-corrected chi connectivity index (χ1v) is 7.43. The molecular formula is C14H24IN3O6. The predicted octanol–water partition coefficient (Wildman–Crippen LogP) is -5.46. The van der Waals surface area contributed by atoms with E-state index >= 15 is 0 Å². The number of quaternary nitrogens is 1. The fourth-order valence-corrected chi connectivity index (χ4v) is 2.73. The first kappa shape index (κ1) is 21.3. The highest BCUT2D eigenvalue weighted by Gasteiger charge is 2.46. The van der Waals surface area contributed by atoms with Crippen LogP contribution in [0, 0.1) is 6.92 Å². The van der Waals surface area contributed by atoms with Crippen molar-refractivity contribution >= 4 is 0 Å². The number of rotatable bonds is 5. The Labute approximate surface area is 156 Å². The van der Waals surface area contributed by atoms with Crippen LogP contribution in [0.3, 0.4) is 0 Å². The molecule has 0 amide bonds. The van der Waals surface area contributed by atoms with Crippen LogP contribution in [-0.2, 0) is 4.74 Å². The molecule has 1 aliphatic heterocycles. The van der Waals surface area contributed by atoms with Gasteiger partial charge in [0.25, 0.3) is 5.56 Å². The summed E-state index contributed by atoms with van der Waals surface area (Å²) in [7, 11) is 3.73. The molecule has 9 nitrogen and oxygen atoms in total. The Balaban J connectivity index is 0.00000288. The number of aliphatic hydroxyl groups excluding tert-OH is 3. The third-order valence-electron chi connectivity index (χ3n) is 4.14. The molecule has 1 aromatic rings. The molecule has 1 aliphatic rings. The van der Waals surface area contributed by atoms with Gasteiger partial charge in [-0.1, -0.05) is 0 Å². The van der Waals surface area contributed by atoms with E-state index in [0.29, 0.717) is 23.1 Å². The van der Waals surface area contributed by atoms with Gasteiger partial charge in [-0.3, -0.25) is 14.3 Å². The highest BCUT2D eigenvalue weighted by molar-refractivity contribution is 5.03. The molecule has 24 heavy (non-hydrogen) atoms. The molecule has 1 aromatic heterocycles. The van der Waals surface area contributed by atoms with Gasteiger partial charge in [-0.25, -0.2) is 4.79 Å². The molecule has 138 valence electrons. The highest BCUT2D eigenvalue weighted by Crippen LogP contribution is 2.29. The molecule has 4 atom stereocenters. The fraction of sp³-hybridized carbons (Fsp3) is 0.714. The first-order chi connectivity index (χ1) is 10.7. The summed E-state index contributed by atoms with van der Waals surface area (Å²) in [5.41, 5.74) is -0.909. The zero-order chi connectivity index (χ0) is 17.4. The lowest BCUT2D eigenvalue weighted by molar-refractivity contribution is -0.894. The van der Waals surface area contributed by atoms with Gasteiger partial charge in [-0.15, -0.1) is 0 Å². The molecule has 1 fully saturated rings. The average molecular weight is 457 g/mol. The molecule has 2 rings (SSSR count). The van der Waals surface area contributed by atoms with Crippen LogP contribution in [0.5, 0.6) is 0 Å². The van der Waals surface area contributed by atoms with Gasteiger partial charge in [-0.2, -0.15) is 0 Å². The Hall–Kier alpha value is -0.790. The normalized spacial score (nSPS) is 27.1. The molecule has 4 N–H and O–H groups in total. The van der Waals surface area contributed by atoms with Crippen LogP contribution < -0.4 is 35.2 Å². The number of halogens is 1. The van der Waals surface area contributed by atoms with E-state index in [0.717, 1.165) is 4.57 Å². The standard InChI is InChI=1S/C14H23N3O6.HI/c1-8-6-16(14(22)15-12(8)21)13-11(20)10(19)9(23-13)7-17(2,3)4-5-18;/h6,9-11,13,18-20H,4-5,7H2,1-3H3;1H/t9-,10?,11?,13-;/m1./s1. The van der Waals surface area contributed by atoms with Gasteiger partial charge in [0.2, 0.25) is 0 Å². The zero-order valence-electron chi connectivity index (χ0n) is 13.8. The van der Waals surface area contributed by atoms with Crippen LogP contribution >= 0.6 is 0 Å². The van der Waals surface area contributed by atoms with Crippen molar-refractivity contribution < 1.29 is 48.5 Å². The van der Waals surface area contributed by atoms with Gasteiger partial charge < -0.3 is 48.5 Å². The molecule has 2 heterocycles. The Morgan fingerprint density at radius 2 is 1.92 bits per heavy atom. The van der Waals surface area contributed by atoms with Crippen LogP contribution in [0.1, 0.15) is 11.8 Å². The van der Waals surface area contributed by atoms with Gasteiger partial charge in [-0.05, 0) is 6.92 Å². The lowest BCUT2D eigenvalue weighted by atomic mass is 10.1. The van der Waals surface area contributed by atoms with E-state index < -0.39 is 35.8 Å². The van der Waals surface area contributed by atoms with E-state index in [1.54, 1.807) is 0 Å². The second-order valence-corrected chi connectivity index (χ2v) is 6.59. The third-order valence-corrected chi connectivity index (χ3v) is 4.14. The lowest BCUT2D eigenvalue weighted by Gasteiger charge is -2.32. The second-order valence-electron chi connectivity index (χ2n) is 6.59. The summed E-state index contributed by atoms with van der Waals surface area (Å²) in [6, 6.07) is 0. The Morgan fingerprint density at radius 1 is 1.29 bits per heavy atom. The molecule has 0 saturated carbocycles. The maximum atomic E-state index is 11.9. The number of H-pyrrole nitrogens is 1. The molecule has 2 unspecified atom stereocenters. The van der Waals surface area contributed by atoms with Gasteiger partial charge in [0.15, 0.2) is 6.23 Å². The maximum Gasteiger partial charge on any atom is 0.330 e. The van der Waals surface area contributed by atoms with Crippen molar-refractivity contribution in [2.24, 2.45) is 0 Å². The Kier molecular flexibility index (Phi) is 7.14. The van der Waals surface area contributed by atoms with E-state index in [2.05, 4.69) is 4.98 Å². The van der Waals surface area contributed by atoms with E-state index in [4.69, 9.17) is 9.84 Å². The van der Waals surface area contributed by atoms with Gasteiger partial charge in [0.1, 0.15) is 31.4 Å². The maximum absolute atomic E-state index is 11.9. The number of aliphatic hydroxyl groups is 3. The van der Waals surface area contributed by atoms with Crippen molar-refractivity contribution in [1.82, 2.24) is 9.55 Å². The van der Waals surface area contributed by atoms with Crippen LogP contribution in [0.25, 0.3) is 0 Å². The zero-order valence-corrected chi connectivity index (χ0v) is 16.0. The smallest absolute Gasteiger partial charge is 0.330 e. The number of ether oxygens (including phenoxy) is 1. The van der Waals surface area contributed by atoms with Crippen LogP contribution in [0.15, 0.2) is 15.8 Å². The predicted molar refractivity (Wildman–Crippen MR) is 80.9 cm³/mol. The number of nitrogens with one attached hydrogen (secondary N) is 1. The number of hydrogen-bond donors (Lipinski definition) is 4. The molecule has 0 spiro atoms.